The van der Waals surface area contributed by atoms with Gasteiger partial charge in [-0.05, 0) is 37.0 Å². The van der Waals surface area contributed by atoms with Crippen molar-refractivity contribution in [3.05, 3.63) is 29.6 Å². The molecule has 1 aromatic carbocycles. The van der Waals surface area contributed by atoms with E-state index < -0.39 is 0 Å². The van der Waals surface area contributed by atoms with Gasteiger partial charge < -0.3 is 11.1 Å². The van der Waals surface area contributed by atoms with Gasteiger partial charge in [-0.15, -0.1) is 0 Å². The highest BCUT2D eigenvalue weighted by Gasteiger charge is 2.10. The second kappa shape index (κ2) is 8.32. The lowest BCUT2D eigenvalue weighted by Gasteiger charge is -2.11. The van der Waals surface area contributed by atoms with E-state index in [1.54, 1.807) is 12.1 Å². The van der Waals surface area contributed by atoms with E-state index in [1.165, 1.54) is 24.7 Å². The highest BCUT2D eigenvalue weighted by Crippen LogP contribution is 2.19. The molecule has 0 bridgehead atoms. The molecule has 0 spiro atoms. The van der Waals surface area contributed by atoms with Crippen molar-refractivity contribution in [2.24, 2.45) is 5.73 Å². The van der Waals surface area contributed by atoms with Crippen LogP contribution in [-0.4, -0.2) is 23.5 Å². The number of unbranched alkanes of at least 4 members (excludes halogenated alkanes) is 2. The summed E-state index contributed by atoms with van der Waals surface area (Å²) in [7, 11) is 0. The van der Waals surface area contributed by atoms with Crippen molar-refractivity contribution in [3.63, 3.8) is 0 Å². The monoisotopic (exact) mass is 286 g/mol. The van der Waals surface area contributed by atoms with Crippen LogP contribution in [0.15, 0.2) is 18.2 Å². The fourth-order valence-electron chi connectivity index (χ4n) is 1.69. The number of hydrogen-bond acceptors (Lipinski definition) is 3. The summed E-state index contributed by atoms with van der Waals surface area (Å²) in [5.41, 5.74) is 6.54. The summed E-state index contributed by atoms with van der Waals surface area (Å²) < 4.78 is 13.6. The third-order valence-electron chi connectivity index (χ3n) is 2.60. The number of halogens is 1. The average Bonchev–Trinajstić information content (AvgIpc) is 2.33. The standard InChI is InChI=1S/C13H19FN2S2/c1-18-9-4-2-3-8-16-11-7-5-6-10(14)12(11)13(15)17/h5-7,16H,2-4,8-9H2,1H3,(H2,15,17). The topological polar surface area (TPSA) is 38.0 Å². The van der Waals surface area contributed by atoms with Crippen molar-refractivity contribution in [2.45, 2.75) is 19.3 Å². The number of rotatable bonds is 8. The van der Waals surface area contributed by atoms with Gasteiger partial charge in [0.05, 0.1) is 5.56 Å². The number of thioether (sulfide) groups is 1. The maximum absolute atomic E-state index is 13.6. The van der Waals surface area contributed by atoms with Gasteiger partial charge in [-0.3, -0.25) is 0 Å². The quantitative estimate of drug-likeness (QED) is 0.567. The summed E-state index contributed by atoms with van der Waals surface area (Å²) in [6.07, 6.45) is 5.56. The summed E-state index contributed by atoms with van der Waals surface area (Å²) in [5.74, 6) is 0.827. The first-order valence-electron chi connectivity index (χ1n) is 5.98. The van der Waals surface area contributed by atoms with Crippen LogP contribution in [0.1, 0.15) is 24.8 Å². The van der Waals surface area contributed by atoms with Gasteiger partial charge in [-0.2, -0.15) is 11.8 Å². The van der Waals surface area contributed by atoms with Crippen molar-refractivity contribution in [1.29, 1.82) is 0 Å². The van der Waals surface area contributed by atoms with Crippen molar-refractivity contribution in [3.8, 4) is 0 Å². The molecule has 100 valence electrons. The van der Waals surface area contributed by atoms with E-state index >= 15 is 0 Å². The van der Waals surface area contributed by atoms with E-state index in [4.69, 9.17) is 18.0 Å². The molecular weight excluding hydrogens is 267 g/mol. The fourth-order valence-corrected chi connectivity index (χ4v) is 2.39. The Labute approximate surface area is 118 Å². The second-order valence-corrected chi connectivity index (χ2v) is 5.43. The zero-order valence-electron chi connectivity index (χ0n) is 10.5. The molecule has 0 saturated carbocycles. The first-order chi connectivity index (χ1) is 8.66. The summed E-state index contributed by atoms with van der Waals surface area (Å²) in [5, 5.41) is 3.20. The minimum absolute atomic E-state index is 0.0954. The molecule has 3 N–H and O–H groups in total. The normalized spacial score (nSPS) is 10.3. The maximum atomic E-state index is 13.6. The minimum atomic E-state index is -0.366. The summed E-state index contributed by atoms with van der Waals surface area (Å²) in [4.78, 5) is 0.0954. The van der Waals surface area contributed by atoms with Crippen LogP contribution in [0.3, 0.4) is 0 Å². The van der Waals surface area contributed by atoms with Crippen LogP contribution >= 0.6 is 24.0 Å². The lowest BCUT2D eigenvalue weighted by Crippen LogP contribution is -2.15. The molecular formula is C13H19FN2S2. The molecule has 0 aliphatic rings. The number of benzene rings is 1. The first kappa shape index (κ1) is 15.2. The number of thiocarbonyl (C=S) groups is 1. The highest BCUT2D eigenvalue weighted by atomic mass is 32.2. The number of nitrogens with two attached hydrogens (primary N) is 1. The summed E-state index contributed by atoms with van der Waals surface area (Å²) in [6.45, 7) is 0.813. The van der Waals surface area contributed by atoms with Crippen LogP contribution in [0.25, 0.3) is 0 Å². The zero-order chi connectivity index (χ0) is 13.4. The van der Waals surface area contributed by atoms with Crippen molar-refractivity contribution in [1.82, 2.24) is 0 Å². The van der Waals surface area contributed by atoms with Gasteiger partial charge in [0.1, 0.15) is 10.8 Å². The second-order valence-electron chi connectivity index (χ2n) is 4.01. The summed E-state index contributed by atoms with van der Waals surface area (Å²) in [6, 6.07) is 4.84. The largest absolute Gasteiger partial charge is 0.389 e. The third kappa shape index (κ3) is 4.82. The van der Waals surface area contributed by atoms with Gasteiger partial charge in [0, 0.05) is 12.2 Å². The Morgan fingerprint density at radius 1 is 1.39 bits per heavy atom. The molecule has 2 nitrogen and oxygen atoms in total. The highest BCUT2D eigenvalue weighted by molar-refractivity contribution is 7.98. The van der Waals surface area contributed by atoms with Gasteiger partial charge in [-0.25, -0.2) is 4.39 Å². The molecule has 0 atom stereocenters. The van der Waals surface area contributed by atoms with Crippen LogP contribution in [-0.2, 0) is 0 Å². The lowest BCUT2D eigenvalue weighted by molar-refractivity contribution is 0.625. The smallest absolute Gasteiger partial charge is 0.135 e. The van der Waals surface area contributed by atoms with Gasteiger partial charge in [-0.1, -0.05) is 24.7 Å². The molecule has 0 amide bonds. The van der Waals surface area contributed by atoms with E-state index in [0.29, 0.717) is 11.3 Å². The first-order valence-corrected chi connectivity index (χ1v) is 7.78. The van der Waals surface area contributed by atoms with Crippen LogP contribution in [0, 0.1) is 5.82 Å². The number of hydrogen-bond donors (Lipinski definition) is 2. The third-order valence-corrected chi connectivity index (χ3v) is 3.50. The summed E-state index contributed by atoms with van der Waals surface area (Å²) >= 11 is 6.73. The Morgan fingerprint density at radius 2 is 2.17 bits per heavy atom. The van der Waals surface area contributed by atoms with E-state index in [9.17, 15) is 4.39 Å². The van der Waals surface area contributed by atoms with Crippen LogP contribution in [0.4, 0.5) is 10.1 Å². The molecule has 0 fully saturated rings. The SMILES string of the molecule is CSCCCCCNc1cccc(F)c1C(N)=S. The van der Waals surface area contributed by atoms with Crippen LogP contribution < -0.4 is 11.1 Å². The van der Waals surface area contributed by atoms with Crippen molar-refractivity contribution in [2.75, 3.05) is 23.9 Å². The Balaban J connectivity index is 2.47. The van der Waals surface area contributed by atoms with E-state index in [-0.39, 0.29) is 10.8 Å². The van der Waals surface area contributed by atoms with E-state index in [2.05, 4.69) is 11.6 Å². The Morgan fingerprint density at radius 3 is 2.83 bits per heavy atom. The molecule has 0 heterocycles. The molecule has 1 rings (SSSR count). The molecule has 5 heteroatoms. The van der Waals surface area contributed by atoms with Gasteiger partial charge in [0.25, 0.3) is 0 Å². The Kier molecular flexibility index (Phi) is 7.05. The predicted molar refractivity (Wildman–Crippen MR) is 83.0 cm³/mol. The minimum Gasteiger partial charge on any atom is -0.389 e. The molecule has 0 unspecified atom stereocenters. The molecule has 0 radical (unpaired) electrons. The lowest BCUT2D eigenvalue weighted by atomic mass is 10.1. The fraction of sp³-hybridized carbons (Fsp3) is 0.462. The van der Waals surface area contributed by atoms with Gasteiger partial charge in [0.15, 0.2) is 0 Å². The van der Waals surface area contributed by atoms with Crippen LogP contribution in [0.5, 0.6) is 0 Å². The predicted octanol–water partition coefficient (Wildman–Crippen LogP) is 3.41. The maximum Gasteiger partial charge on any atom is 0.135 e. The van der Waals surface area contributed by atoms with Gasteiger partial charge in [0.2, 0.25) is 0 Å². The molecule has 0 aliphatic heterocycles. The molecule has 0 aromatic heterocycles. The molecule has 18 heavy (non-hydrogen) atoms. The average molecular weight is 286 g/mol. The Hall–Kier alpha value is -0.810. The van der Waals surface area contributed by atoms with Crippen molar-refractivity contribution >= 4 is 34.7 Å². The molecule has 0 aliphatic carbocycles. The molecule has 1 aromatic rings. The Bertz CT molecular complexity index is 397. The van der Waals surface area contributed by atoms with E-state index in [1.807, 2.05) is 11.8 Å². The molecule has 0 saturated heterocycles. The number of nitrogens with one attached hydrogen (secondary N) is 1. The zero-order valence-corrected chi connectivity index (χ0v) is 12.2. The number of anilines is 1. The van der Waals surface area contributed by atoms with Crippen LogP contribution in [0.2, 0.25) is 0 Å². The van der Waals surface area contributed by atoms with Gasteiger partial charge >= 0.3 is 0 Å². The van der Waals surface area contributed by atoms with Crippen molar-refractivity contribution < 1.29 is 4.39 Å². The van der Waals surface area contributed by atoms with E-state index in [0.717, 1.165) is 13.0 Å².